The highest BCUT2D eigenvalue weighted by Gasteiger charge is 2.22. The number of rotatable bonds is 3. The topological polar surface area (TPSA) is 20.3 Å². The van der Waals surface area contributed by atoms with Crippen LogP contribution in [0.5, 0.6) is 0 Å². The summed E-state index contributed by atoms with van der Waals surface area (Å²) in [5, 5.41) is 0. The molecule has 0 spiro atoms. The van der Waals surface area contributed by atoms with Crippen molar-refractivity contribution in [3.8, 4) is 0 Å². The Balaban J connectivity index is 1.85. The summed E-state index contributed by atoms with van der Waals surface area (Å²) in [7, 11) is 0. The lowest BCUT2D eigenvalue weighted by Gasteiger charge is -2.29. The minimum Gasteiger partial charge on any atom is -0.300 e. The van der Waals surface area contributed by atoms with Gasteiger partial charge in [0.1, 0.15) is 5.78 Å². The van der Waals surface area contributed by atoms with Crippen molar-refractivity contribution in [3.63, 3.8) is 0 Å². The van der Waals surface area contributed by atoms with Crippen LogP contribution in [0.1, 0.15) is 25.3 Å². The summed E-state index contributed by atoms with van der Waals surface area (Å²) < 4.78 is 2.37. The van der Waals surface area contributed by atoms with Crippen LogP contribution in [-0.2, 0) is 4.79 Å². The second kappa shape index (κ2) is 5.69. The average Bonchev–Trinajstić information content (AvgIpc) is 2.33. The van der Waals surface area contributed by atoms with E-state index in [1.807, 2.05) is 11.9 Å². The van der Waals surface area contributed by atoms with Gasteiger partial charge >= 0.3 is 0 Å². The molecule has 1 saturated heterocycles. The van der Waals surface area contributed by atoms with E-state index in [0.29, 0.717) is 11.7 Å². The number of piperidine rings is 1. The number of hydrogen-bond donors (Lipinski definition) is 0. The number of carbonyl (C=O) groups excluding carboxylic acids is 1. The lowest BCUT2D eigenvalue weighted by atomic mass is 9.95. The molecule has 2 rings (SSSR count). The minimum absolute atomic E-state index is 0.296. The first-order valence-corrected chi connectivity index (χ1v) is 6.92. The zero-order valence-corrected chi connectivity index (χ0v) is 11.3. The van der Waals surface area contributed by atoms with Crippen LogP contribution in [0.25, 0.3) is 0 Å². The highest BCUT2D eigenvalue weighted by molar-refractivity contribution is 7.97. The fraction of sp³-hybridized carbons (Fsp3) is 0.500. The van der Waals surface area contributed by atoms with Crippen LogP contribution in [0.3, 0.4) is 0 Å². The fourth-order valence-corrected chi connectivity index (χ4v) is 3.05. The van der Waals surface area contributed by atoms with Gasteiger partial charge in [-0.25, -0.2) is 4.31 Å². The van der Waals surface area contributed by atoms with E-state index in [1.165, 1.54) is 10.5 Å². The molecule has 0 saturated carbocycles. The number of benzene rings is 1. The summed E-state index contributed by atoms with van der Waals surface area (Å²) in [5.41, 5.74) is 1.30. The zero-order chi connectivity index (χ0) is 12.3. The molecular weight excluding hydrogens is 230 g/mol. The fourth-order valence-electron chi connectivity index (χ4n) is 2.10. The summed E-state index contributed by atoms with van der Waals surface area (Å²) >= 11 is 1.81. The molecular formula is C14H19NOS. The van der Waals surface area contributed by atoms with E-state index < -0.39 is 0 Å². The Morgan fingerprint density at radius 2 is 1.82 bits per heavy atom. The van der Waals surface area contributed by atoms with E-state index in [1.54, 1.807) is 6.92 Å². The van der Waals surface area contributed by atoms with Gasteiger partial charge in [-0.05, 0) is 50.8 Å². The molecule has 2 nitrogen and oxygen atoms in total. The molecule has 0 aromatic heterocycles. The van der Waals surface area contributed by atoms with Crippen molar-refractivity contribution in [2.24, 2.45) is 5.92 Å². The number of hydrogen-bond acceptors (Lipinski definition) is 3. The number of nitrogens with zero attached hydrogens (tertiary/aromatic N) is 1. The third kappa shape index (κ3) is 3.58. The van der Waals surface area contributed by atoms with Crippen LogP contribution in [0.2, 0.25) is 0 Å². The predicted octanol–water partition coefficient (Wildman–Crippen LogP) is 3.30. The van der Waals surface area contributed by atoms with E-state index in [0.717, 1.165) is 25.9 Å². The van der Waals surface area contributed by atoms with Crippen molar-refractivity contribution in [2.45, 2.75) is 31.6 Å². The van der Waals surface area contributed by atoms with Gasteiger partial charge in [0.05, 0.1) is 0 Å². The number of aryl methyl sites for hydroxylation is 1. The van der Waals surface area contributed by atoms with Crippen LogP contribution in [0.4, 0.5) is 0 Å². The summed E-state index contributed by atoms with van der Waals surface area (Å²) in [6, 6.07) is 8.61. The van der Waals surface area contributed by atoms with Crippen molar-refractivity contribution in [1.29, 1.82) is 0 Å². The average molecular weight is 249 g/mol. The van der Waals surface area contributed by atoms with Gasteiger partial charge in [-0.2, -0.15) is 0 Å². The molecule has 1 aromatic rings. The van der Waals surface area contributed by atoms with Gasteiger partial charge in [-0.1, -0.05) is 17.7 Å². The third-order valence-electron chi connectivity index (χ3n) is 3.28. The minimum atomic E-state index is 0.296. The van der Waals surface area contributed by atoms with E-state index in [9.17, 15) is 4.79 Å². The number of Topliss-reactive ketones (excluding diaryl/α,β-unsaturated/α-hetero) is 1. The first-order chi connectivity index (χ1) is 8.15. The molecule has 1 aliphatic rings. The van der Waals surface area contributed by atoms with Crippen molar-refractivity contribution < 1.29 is 4.79 Å². The van der Waals surface area contributed by atoms with Crippen molar-refractivity contribution in [2.75, 3.05) is 13.1 Å². The number of ketones is 1. The van der Waals surface area contributed by atoms with Crippen LogP contribution in [0, 0.1) is 12.8 Å². The smallest absolute Gasteiger partial charge is 0.133 e. The van der Waals surface area contributed by atoms with Crippen LogP contribution in [0.15, 0.2) is 29.2 Å². The first kappa shape index (κ1) is 12.7. The van der Waals surface area contributed by atoms with Crippen molar-refractivity contribution in [3.05, 3.63) is 29.8 Å². The Hall–Kier alpha value is -0.800. The molecule has 0 unspecified atom stereocenters. The summed E-state index contributed by atoms with van der Waals surface area (Å²) in [5.74, 6) is 0.648. The zero-order valence-electron chi connectivity index (χ0n) is 10.5. The van der Waals surface area contributed by atoms with Crippen LogP contribution < -0.4 is 0 Å². The molecule has 1 heterocycles. The Morgan fingerprint density at radius 1 is 1.24 bits per heavy atom. The normalized spacial score (nSPS) is 18.2. The Bertz CT molecular complexity index is 380. The van der Waals surface area contributed by atoms with Gasteiger partial charge in [0.2, 0.25) is 0 Å². The quantitative estimate of drug-likeness (QED) is 0.767. The third-order valence-corrected chi connectivity index (χ3v) is 4.39. The van der Waals surface area contributed by atoms with Crippen LogP contribution in [-0.4, -0.2) is 23.2 Å². The van der Waals surface area contributed by atoms with Gasteiger partial charge < -0.3 is 0 Å². The summed E-state index contributed by atoms with van der Waals surface area (Å²) in [4.78, 5) is 12.6. The Labute approximate surface area is 108 Å². The van der Waals surface area contributed by atoms with Gasteiger partial charge in [-0.15, -0.1) is 0 Å². The molecule has 0 aliphatic carbocycles. The first-order valence-electron chi connectivity index (χ1n) is 6.15. The highest BCUT2D eigenvalue weighted by atomic mass is 32.2. The maximum Gasteiger partial charge on any atom is 0.133 e. The lowest BCUT2D eigenvalue weighted by Crippen LogP contribution is -2.31. The maximum absolute atomic E-state index is 11.3. The monoisotopic (exact) mass is 249 g/mol. The maximum atomic E-state index is 11.3. The molecule has 1 fully saturated rings. The SMILES string of the molecule is CC(=O)C1CCN(Sc2ccc(C)cc2)CC1. The Morgan fingerprint density at radius 3 is 2.35 bits per heavy atom. The largest absolute Gasteiger partial charge is 0.300 e. The molecule has 0 bridgehead atoms. The lowest BCUT2D eigenvalue weighted by molar-refractivity contribution is -0.121. The standard InChI is InChI=1S/C14H19NOS/c1-11-3-5-14(6-4-11)17-15-9-7-13(8-10-15)12(2)16/h3-6,13H,7-10H2,1-2H3. The van der Waals surface area contributed by atoms with E-state index in [4.69, 9.17) is 0 Å². The van der Waals surface area contributed by atoms with E-state index in [2.05, 4.69) is 35.5 Å². The molecule has 0 radical (unpaired) electrons. The Kier molecular flexibility index (Phi) is 4.24. The summed E-state index contributed by atoms with van der Waals surface area (Å²) in [6.45, 7) is 5.85. The van der Waals surface area contributed by atoms with Crippen molar-refractivity contribution in [1.82, 2.24) is 4.31 Å². The molecule has 0 atom stereocenters. The predicted molar refractivity (Wildman–Crippen MR) is 72.0 cm³/mol. The van der Waals surface area contributed by atoms with Gasteiger partial charge in [0.15, 0.2) is 0 Å². The van der Waals surface area contributed by atoms with Gasteiger partial charge in [0.25, 0.3) is 0 Å². The second-order valence-corrected chi connectivity index (χ2v) is 5.89. The molecule has 0 N–H and O–H groups in total. The summed E-state index contributed by atoms with van der Waals surface area (Å²) in [6.07, 6.45) is 2.02. The van der Waals surface area contributed by atoms with Gasteiger partial charge in [0, 0.05) is 23.9 Å². The van der Waals surface area contributed by atoms with Crippen molar-refractivity contribution >= 4 is 17.7 Å². The molecule has 0 amide bonds. The highest BCUT2D eigenvalue weighted by Crippen LogP contribution is 2.28. The van der Waals surface area contributed by atoms with E-state index >= 15 is 0 Å². The molecule has 1 aliphatic heterocycles. The molecule has 92 valence electrons. The van der Waals surface area contributed by atoms with Crippen LogP contribution >= 0.6 is 11.9 Å². The molecule has 1 aromatic carbocycles. The number of carbonyl (C=O) groups is 1. The van der Waals surface area contributed by atoms with Gasteiger partial charge in [-0.3, -0.25) is 4.79 Å². The van der Waals surface area contributed by atoms with E-state index in [-0.39, 0.29) is 0 Å². The molecule has 17 heavy (non-hydrogen) atoms. The molecule has 3 heteroatoms. The second-order valence-electron chi connectivity index (χ2n) is 4.72.